The Morgan fingerprint density at radius 1 is 0.936 bits per heavy atom. The van der Waals surface area contributed by atoms with Gasteiger partial charge in [0.1, 0.15) is 11.9 Å². The van der Waals surface area contributed by atoms with Crippen LogP contribution >= 0.6 is 0 Å². The van der Waals surface area contributed by atoms with Crippen molar-refractivity contribution in [2.45, 2.75) is 51.8 Å². The largest absolute Gasteiger partial charge is 0.493 e. The van der Waals surface area contributed by atoms with Crippen LogP contribution in [0.1, 0.15) is 44.7 Å². The van der Waals surface area contributed by atoms with Crippen molar-refractivity contribution in [2.75, 3.05) is 32.1 Å². The fourth-order valence-corrected chi connectivity index (χ4v) is 5.30. The molecule has 5 rings (SSSR count). The number of hydrogen-bond donors (Lipinski definition) is 1. The Hall–Kier alpha value is -4.87. The Morgan fingerprint density at radius 3 is 2.23 bits per heavy atom. The van der Waals surface area contributed by atoms with Gasteiger partial charge in [0.05, 0.1) is 36.9 Å². The van der Waals surface area contributed by atoms with Crippen LogP contribution < -0.4 is 14.8 Å². The van der Waals surface area contributed by atoms with Crippen LogP contribution in [0.15, 0.2) is 67.0 Å². The lowest BCUT2D eigenvalue weighted by molar-refractivity contribution is -0.137. The molecular weight excluding hydrogens is 613 g/mol. The Balaban J connectivity index is 1.21. The highest BCUT2D eigenvalue weighted by atomic mass is 19.4. The smallest absolute Gasteiger partial charge is 0.416 e. The maximum Gasteiger partial charge on any atom is 0.416 e. The molecule has 0 aliphatic carbocycles. The van der Waals surface area contributed by atoms with Crippen LogP contribution in [-0.4, -0.2) is 59.3 Å². The number of piperidine rings is 1. The minimum Gasteiger partial charge on any atom is -0.493 e. The number of nitrogens with one attached hydrogen (secondary N) is 1. The average Bonchev–Trinajstić information content (AvgIpc) is 3.02. The molecule has 12 heteroatoms. The summed E-state index contributed by atoms with van der Waals surface area (Å²) in [5, 5.41) is 3.53. The normalized spacial score (nSPS) is 14.1. The van der Waals surface area contributed by atoms with Crippen molar-refractivity contribution in [3.8, 4) is 22.8 Å². The number of hydrogen-bond acceptors (Lipinski definition) is 7. The maximum absolute atomic E-state index is 12.8. The van der Waals surface area contributed by atoms with Gasteiger partial charge in [0, 0.05) is 35.8 Å². The molecule has 1 aromatic heterocycles. The van der Waals surface area contributed by atoms with Crippen LogP contribution in [0.2, 0.25) is 0 Å². The van der Waals surface area contributed by atoms with Crippen molar-refractivity contribution < 1.29 is 37.0 Å². The summed E-state index contributed by atoms with van der Waals surface area (Å²) in [6.07, 6.45) is -1.71. The highest BCUT2D eigenvalue weighted by Gasteiger charge is 2.30. The van der Waals surface area contributed by atoms with Crippen LogP contribution in [0.25, 0.3) is 22.2 Å². The fourth-order valence-electron chi connectivity index (χ4n) is 5.30. The second kappa shape index (κ2) is 13.9. The van der Waals surface area contributed by atoms with E-state index in [1.807, 2.05) is 45.0 Å². The summed E-state index contributed by atoms with van der Waals surface area (Å²) in [7, 11) is 1.57. The molecule has 1 aliphatic rings. The van der Waals surface area contributed by atoms with Crippen LogP contribution in [0.5, 0.6) is 11.5 Å². The highest BCUT2D eigenvalue weighted by Crippen LogP contribution is 2.36. The van der Waals surface area contributed by atoms with Gasteiger partial charge >= 0.3 is 12.3 Å². The predicted octanol–water partition coefficient (Wildman–Crippen LogP) is 7.53. The number of carbonyl (C=O) groups excluding carboxylic acids is 2. The monoisotopic (exact) mass is 650 g/mol. The molecule has 0 radical (unpaired) electrons. The van der Waals surface area contributed by atoms with E-state index in [-0.39, 0.29) is 24.3 Å². The lowest BCUT2D eigenvalue weighted by Gasteiger charge is -2.33. The van der Waals surface area contributed by atoms with Gasteiger partial charge in [-0.05, 0) is 75.4 Å². The van der Waals surface area contributed by atoms with Gasteiger partial charge in [-0.3, -0.25) is 4.79 Å². The Bertz CT molecular complexity index is 1710. The first kappa shape index (κ1) is 33.5. The first-order valence-electron chi connectivity index (χ1n) is 15.3. The summed E-state index contributed by atoms with van der Waals surface area (Å²) in [4.78, 5) is 35.6. The molecule has 1 aliphatic heterocycles. The average molecular weight is 651 g/mol. The number of halogens is 3. The summed E-state index contributed by atoms with van der Waals surface area (Å²) in [6.45, 7) is 7.25. The number of anilines is 1. The molecule has 0 saturated carbocycles. The van der Waals surface area contributed by atoms with E-state index in [1.54, 1.807) is 24.1 Å². The third-order valence-corrected chi connectivity index (χ3v) is 7.75. The molecule has 248 valence electrons. The minimum absolute atomic E-state index is 0.0636. The van der Waals surface area contributed by atoms with Gasteiger partial charge in [0.15, 0.2) is 11.5 Å². The molecule has 0 spiro atoms. The number of methoxy groups -OCH3 is 1. The molecule has 3 aromatic carbocycles. The second-order valence-corrected chi connectivity index (χ2v) is 12.5. The predicted molar refractivity (Wildman–Crippen MR) is 171 cm³/mol. The highest BCUT2D eigenvalue weighted by molar-refractivity contribution is 5.95. The molecule has 1 fully saturated rings. The Kier molecular flexibility index (Phi) is 9.88. The zero-order valence-corrected chi connectivity index (χ0v) is 26.7. The number of amides is 2. The van der Waals surface area contributed by atoms with Crippen molar-refractivity contribution in [1.82, 2.24) is 14.9 Å². The minimum atomic E-state index is -4.43. The van der Waals surface area contributed by atoms with Gasteiger partial charge in [-0.2, -0.15) is 13.2 Å². The number of rotatable bonds is 8. The number of aromatic nitrogens is 2. The number of likely N-dealkylation sites (tertiary alicyclic amines) is 1. The molecule has 2 heterocycles. The fraction of sp³-hybridized carbons (Fsp3) is 0.371. The van der Waals surface area contributed by atoms with Crippen molar-refractivity contribution in [3.05, 3.63) is 78.1 Å². The van der Waals surface area contributed by atoms with E-state index in [0.717, 1.165) is 35.9 Å². The van der Waals surface area contributed by atoms with Crippen molar-refractivity contribution >= 4 is 28.6 Å². The molecular formula is C35H37F3N4O5. The number of nitrogens with zero attached hydrogens (tertiary/aromatic N) is 3. The standard InChI is InChI=1S/C35H37F3N4O5/c1-34(2,3)47-33(44)42-15-13-23(14-16-42)20-46-30-19-28-27(18-29(30)45-4)32(40-21-39-28)24-7-11-26(12-8-24)41-31(43)17-22-5-9-25(10-6-22)35(36,37)38/h5-12,18-19,21,23H,13-17,20H2,1-4H3,(H,41,43). The van der Waals surface area contributed by atoms with Gasteiger partial charge in [-0.1, -0.05) is 24.3 Å². The molecule has 2 amide bonds. The Labute approximate surface area is 271 Å². The molecule has 0 bridgehead atoms. The van der Waals surface area contributed by atoms with Gasteiger partial charge in [-0.25, -0.2) is 14.8 Å². The van der Waals surface area contributed by atoms with E-state index in [9.17, 15) is 22.8 Å². The molecule has 0 atom stereocenters. The third-order valence-electron chi connectivity index (χ3n) is 7.75. The van der Waals surface area contributed by atoms with E-state index in [2.05, 4.69) is 15.3 Å². The van der Waals surface area contributed by atoms with Crippen molar-refractivity contribution in [3.63, 3.8) is 0 Å². The second-order valence-electron chi connectivity index (χ2n) is 12.5. The first-order valence-corrected chi connectivity index (χ1v) is 15.3. The van der Waals surface area contributed by atoms with Crippen LogP contribution in [0.3, 0.4) is 0 Å². The molecule has 1 N–H and O–H groups in total. The summed E-state index contributed by atoms with van der Waals surface area (Å²) >= 11 is 0. The third kappa shape index (κ3) is 8.69. The van der Waals surface area contributed by atoms with Crippen molar-refractivity contribution in [1.29, 1.82) is 0 Å². The zero-order chi connectivity index (χ0) is 33.8. The van der Waals surface area contributed by atoms with Gasteiger partial charge in [-0.15, -0.1) is 0 Å². The summed E-state index contributed by atoms with van der Waals surface area (Å²) in [5.74, 6) is 1.01. The molecule has 1 saturated heterocycles. The number of alkyl halides is 3. The topological polar surface area (TPSA) is 103 Å². The van der Waals surface area contributed by atoms with Crippen LogP contribution in [-0.2, 0) is 22.1 Å². The lowest BCUT2D eigenvalue weighted by Crippen LogP contribution is -2.42. The van der Waals surface area contributed by atoms with Gasteiger partial charge in [0.2, 0.25) is 5.91 Å². The molecule has 4 aromatic rings. The maximum atomic E-state index is 12.8. The van der Waals surface area contributed by atoms with Crippen molar-refractivity contribution in [2.24, 2.45) is 5.92 Å². The lowest BCUT2D eigenvalue weighted by atomic mass is 9.98. The quantitative estimate of drug-likeness (QED) is 0.210. The van der Waals surface area contributed by atoms with E-state index in [1.165, 1.54) is 18.5 Å². The molecule has 0 unspecified atom stereocenters. The summed E-state index contributed by atoms with van der Waals surface area (Å²) < 4.78 is 55.8. The number of carbonyl (C=O) groups is 2. The SMILES string of the molecule is COc1cc2c(-c3ccc(NC(=O)Cc4ccc(C(F)(F)F)cc4)cc3)ncnc2cc1OCC1CCN(C(=O)OC(C)(C)C)CC1. The summed E-state index contributed by atoms with van der Waals surface area (Å²) in [6, 6.07) is 15.3. The van der Waals surface area contributed by atoms with E-state index in [4.69, 9.17) is 14.2 Å². The van der Waals surface area contributed by atoms with E-state index >= 15 is 0 Å². The summed E-state index contributed by atoms with van der Waals surface area (Å²) in [5.41, 5.74) is 1.83. The van der Waals surface area contributed by atoms with E-state index in [0.29, 0.717) is 53.7 Å². The van der Waals surface area contributed by atoms with Crippen LogP contribution in [0.4, 0.5) is 23.7 Å². The Morgan fingerprint density at radius 2 is 1.62 bits per heavy atom. The number of ether oxygens (including phenoxy) is 3. The van der Waals surface area contributed by atoms with Gasteiger partial charge < -0.3 is 24.4 Å². The van der Waals surface area contributed by atoms with Gasteiger partial charge in [0.25, 0.3) is 0 Å². The van der Waals surface area contributed by atoms with Crippen LogP contribution in [0, 0.1) is 5.92 Å². The van der Waals surface area contributed by atoms with E-state index < -0.39 is 17.3 Å². The number of benzene rings is 3. The first-order chi connectivity index (χ1) is 22.3. The number of fused-ring (bicyclic) bond motifs is 1. The molecule has 9 nitrogen and oxygen atoms in total. The zero-order valence-electron chi connectivity index (χ0n) is 26.7. The molecule has 47 heavy (non-hydrogen) atoms.